The summed E-state index contributed by atoms with van der Waals surface area (Å²) in [7, 11) is 0. The van der Waals surface area contributed by atoms with E-state index in [1.54, 1.807) is 17.2 Å². The SMILES string of the molecule is CC(F)(F)CCC(=O)N1CC=C(c2cccnc2N=C(N)N)CC1. The van der Waals surface area contributed by atoms with Crippen molar-refractivity contribution in [3.63, 3.8) is 0 Å². The molecule has 1 aromatic rings. The number of carbonyl (C=O) groups is 1. The van der Waals surface area contributed by atoms with Crippen molar-refractivity contribution in [2.24, 2.45) is 16.5 Å². The molecule has 0 spiro atoms. The van der Waals surface area contributed by atoms with Gasteiger partial charge in [0, 0.05) is 37.7 Å². The molecule has 2 rings (SSSR count). The molecular formula is C16H21F2N5O. The molecule has 0 aliphatic carbocycles. The lowest BCUT2D eigenvalue weighted by Gasteiger charge is -2.27. The molecule has 0 saturated carbocycles. The molecule has 24 heavy (non-hydrogen) atoms. The normalized spacial score (nSPS) is 15.0. The van der Waals surface area contributed by atoms with Crippen molar-refractivity contribution in [3.8, 4) is 0 Å². The summed E-state index contributed by atoms with van der Waals surface area (Å²) < 4.78 is 25.7. The molecule has 0 unspecified atom stereocenters. The van der Waals surface area contributed by atoms with Crippen LogP contribution in [0.25, 0.3) is 5.57 Å². The molecule has 0 saturated heterocycles. The van der Waals surface area contributed by atoms with Gasteiger partial charge in [-0.25, -0.2) is 13.8 Å². The van der Waals surface area contributed by atoms with Gasteiger partial charge in [0.2, 0.25) is 11.8 Å². The fraction of sp³-hybridized carbons (Fsp3) is 0.438. The van der Waals surface area contributed by atoms with E-state index < -0.39 is 12.3 Å². The topological polar surface area (TPSA) is 97.6 Å². The van der Waals surface area contributed by atoms with Crippen molar-refractivity contribution in [1.29, 1.82) is 0 Å². The number of halogens is 2. The zero-order valence-electron chi connectivity index (χ0n) is 13.5. The Kier molecular flexibility index (Phi) is 5.48. The van der Waals surface area contributed by atoms with Crippen molar-refractivity contribution in [2.75, 3.05) is 13.1 Å². The van der Waals surface area contributed by atoms with Crippen molar-refractivity contribution < 1.29 is 13.6 Å². The molecule has 1 aliphatic heterocycles. The average Bonchev–Trinajstić information content (AvgIpc) is 2.52. The smallest absolute Gasteiger partial charge is 0.245 e. The number of guanidine groups is 1. The van der Waals surface area contributed by atoms with Crippen LogP contribution in [0.5, 0.6) is 0 Å². The lowest BCUT2D eigenvalue weighted by atomic mass is 9.99. The van der Waals surface area contributed by atoms with E-state index in [2.05, 4.69) is 9.98 Å². The molecule has 4 N–H and O–H groups in total. The number of aliphatic imine (C=N–C) groups is 1. The van der Waals surface area contributed by atoms with Crippen LogP contribution in [0.3, 0.4) is 0 Å². The first-order chi connectivity index (χ1) is 11.3. The van der Waals surface area contributed by atoms with Gasteiger partial charge in [-0.2, -0.15) is 4.99 Å². The van der Waals surface area contributed by atoms with Crippen LogP contribution in [0.4, 0.5) is 14.6 Å². The minimum absolute atomic E-state index is 0.0799. The Labute approximate surface area is 139 Å². The van der Waals surface area contributed by atoms with Crippen molar-refractivity contribution in [1.82, 2.24) is 9.88 Å². The van der Waals surface area contributed by atoms with Gasteiger partial charge in [-0.3, -0.25) is 4.79 Å². The Balaban J connectivity index is 2.06. The van der Waals surface area contributed by atoms with Crippen molar-refractivity contribution >= 4 is 23.3 Å². The predicted molar refractivity (Wildman–Crippen MR) is 88.7 cm³/mol. The molecule has 6 nitrogen and oxygen atoms in total. The monoisotopic (exact) mass is 337 g/mol. The summed E-state index contributed by atoms with van der Waals surface area (Å²) in [6.45, 7) is 1.66. The Bertz CT molecular complexity index is 663. The number of nitrogens with zero attached hydrogens (tertiary/aromatic N) is 3. The van der Waals surface area contributed by atoms with Crippen molar-refractivity contribution in [2.45, 2.75) is 32.1 Å². The van der Waals surface area contributed by atoms with Crippen LogP contribution in [0.2, 0.25) is 0 Å². The van der Waals surface area contributed by atoms with Gasteiger partial charge in [0.05, 0.1) is 0 Å². The zero-order chi connectivity index (χ0) is 17.7. The Morgan fingerprint density at radius 1 is 1.46 bits per heavy atom. The number of alkyl halides is 2. The predicted octanol–water partition coefficient (Wildman–Crippen LogP) is 2.04. The number of amides is 1. The summed E-state index contributed by atoms with van der Waals surface area (Å²) in [4.78, 5) is 21.7. The molecule has 1 amide bonds. The molecular weight excluding hydrogens is 316 g/mol. The van der Waals surface area contributed by atoms with Crippen LogP contribution in [0.1, 0.15) is 31.7 Å². The highest BCUT2D eigenvalue weighted by Crippen LogP contribution is 2.29. The quantitative estimate of drug-likeness (QED) is 0.634. The minimum Gasteiger partial charge on any atom is -0.370 e. The van der Waals surface area contributed by atoms with Gasteiger partial charge >= 0.3 is 0 Å². The minimum atomic E-state index is -2.82. The highest BCUT2D eigenvalue weighted by atomic mass is 19.3. The first-order valence-electron chi connectivity index (χ1n) is 7.66. The van der Waals surface area contributed by atoms with Crippen LogP contribution in [0, 0.1) is 0 Å². The van der Waals surface area contributed by atoms with Crippen LogP contribution in [-0.2, 0) is 4.79 Å². The molecule has 0 radical (unpaired) electrons. The van der Waals surface area contributed by atoms with E-state index in [-0.39, 0.29) is 18.3 Å². The fourth-order valence-electron chi connectivity index (χ4n) is 2.48. The Morgan fingerprint density at radius 3 is 2.79 bits per heavy atom. The highest BCUT2D eigenvalue weighted by Gasteiger charge is 2.25. The first-order valence-corrected chi connectivity index (χ1v) is 7.66. The first kappa shape index (κ1) is 17.8. The van der Waals surface area contributed by atoms with E-state index in [1.807, 2.05) is 12.1 Å². The lowest BCUT2D eigenvalue weighted by Crippen LogP contribution is -2.35. The molecule has 0 aromatic carbocycles. The van der Waals surface area contributed by atoms with Gasteiger partial charge in [0.15, 0.2) is 11.8 Å². The molecule has 8 heteroatoms. The molecule has 0 atom stereocenters. The Morgan fingerprint density at radius 2 is 2.21 bits per heavy atom. The van der Waals surface area contributed by atoms with E-state index in [4.69, 9.17) is 11.5 Å². The molecule has 2 heterocycles. The van der Waals surface area contributed by atoms with Gasteiger partial charge in [-0.15, -0.1) is 0 Å². The van der Waals surface area contributed by atoms with Crippen LogP contribution >= 0.6 is 0 Å². The largest absolute Gasteiger partial charge is 0.370 e. The molecule has 0 bridgehead atoms. The second-order valence-electron chi connectivity index (χ2n) is 5.80. The molecule has 0 fully saturated rings. The summed E-state index contributed by atoms with van der Waals surface area (Å²) >= 11 is 0. The van der Waals surface area contributed by atoms with Crippen LogP contribution in [0.15, 0.2) is 29.4 Å². The van der Waals surface area contributed by atoms with Gasteiger partial charge in [-0.1, -0.05) is 6.08 Å². The van der Waals surface area contributed by atoms with Gasteiger partial charge in [0.25, 0.3) is 0 Å². The standard InChI is InChI=1S/C16H21F2N5O/c1-16(17,18)7-4-13(24)23-9-5-11(6-10-23)12-3-2-8-21-14(12)22-15(19)20/h2-3,5,8H,4,6-7,9-10H2,1H3,(H4,19,20,21,22). The van der Waals surface area contributed by atoms with Gasteiger partial charge in [0.1, 0.15) is 0 Å². The maximum Gasteiger partial charge on any atom is 0.245 e. The second-order valence-corrected chi connectivity index (χ2v) is 5.80. The van der Waals surface area contributed by atoms with Crippen molar-refractivity contribution in [3.05, 3.63) is 30.0 Å². The summed E-state index contributed by atoms with van der Waals surface area (Å²) in [5.41, 5.74) is 12.6. The van der Waals surface area contributed by atoms with E-state index in [9.17, 15) is 13.6 Å². The van der Waals surface area contributed by atoms with E-state index in [0.29, 0.717) is 25.3 Å². The maximum absolute atomic E-state index is 12.9. The third-order valence-corrected chi connectivity index (χ3v) is 3.71. The number of aromatic nitrogens is 1. The molecule has 1 aliphatic rings. The molecule has 130 valence electrons. The number of hydrogen-bond donors (Lipinski definition) is 2. The van der Waals surface area contributed by atoms with E-state index in [0.717, 1.165) is 18.1 Å². The second kappa shape index (κ2) is 7.37. The van der Waals surface area contributed by atoms with E-state index >= 15 is 0 Å². The summed E-state index contributed by atoms with van der Waals surface area (Å²) in [6.07, 6.45) is 3.48. The number of nitrogens with two attached hydrogens (primary N) is 2. The van der Waals surface area contributed by atoms with Gasteiger partial charge in [-0.05, 0) is 31.1 Å². The number of carbonyl (C=O) groups excluding carboxylic acids is 1. The van der Waals surface area contributed by atoms with Gasteiger partial charge < -0.3 is 16.4 Å². The Hall–Kier alpha value is -2.51. The molecule has 1 aromatic heterocycles. The third-order valence-electron chi connectivity index (χ3n) is 3.71. The highest BCUT2D eigenvalue weighted by molar-refractivity contribution is 5.83. The number of pyridine rings is 1. The van der Waals surface area contributed by atoms with Crippen LogP contribution in [-0.4, -0.2) is 40.8 Å². The number of rotatable bonds is 5. The maximum atomic E-state index is 12.9. The summed E-state index contributed by atoms with van der Waals surface area (Å²) in [5.74, 6) is -2.74. The van der Waals surface area contributed by atoms with Crippen LogP contribution < -0.4 is 11.5 Å². The third kappa shape index (κ3) is 5.00. The lowest BCUT2D eigenvalue weighted by molar-refractivity contribution is -0.132. The summed E-state index contributed by atoms with van der Waals surface area (Å²) in [5, 5.41) is 0. The number of hydrogen-bond acceptors (Lipinski definition) is 3. The average molecular weight is 337 g/mol. The summed E-state index contributed by atoms with van der Waals surface area (Å²) in [6, 6.07) is 3.64. The van der Waals surface area contributed by atoms with E-state index in [1.165, 1.54) is 0 Å². The fourth-order valence-corrected chi connectivity index (χ4v) is 2.48. The zero-order valence-corrected chi connectivity index (χ0v) is 13.5.